The Hall–Kier alpha value is -1.83. The minimum absolute atomic E-state index is 0.0817. The van der Waals surface area contributed by atoms with Gasteiger partial charge in [0, 0.05) is 0 Å². The molecule has 2 rings (SSSR count). The molecule has 0 bridgehead atoms. The lowest BCUT2D eigenvalue weighted by Gasteiger charge is -2.22. The predicted molar refractivity (Wildman–Crippen MR) is 93.7 cm³/mol. The molecule has 128 valence electrons. The summed E-state index contributed by atoms with van der Waals surface area (Å²) in [6.07, 6.45) is 0.938. The molecule has 0 aliphatic rings. The molecule has 0 aliphatic carbocycles. The predicted octanol–water partition coefficient (Wildman–Crippen LogP) is 3.54. The van der Waals surface area contributed by atoms with E-state index in [9.17, 15) is 17.6 Å². The van der Waals surface area contributed by atoms with Crippen LogP contribution in [0.1, 0.15) is 0 Å². The zero-order valence-corrected chi connectivity index (χ0v) is 14.8. The van der Waals surface area contributed by atoms with Gasteiger partial charge in [-0.25, -0.2) is 12.8 Å². The number of rotatable bonds is 5. The van der Waals surface area contributed by atoms with Gasteiger partial charge in [0.15, 0.2) is 0 Å². The number of halogens is 3. The zero-order valence-electron chi connectivity index (χ0n) is 12.5. The fourth-order valence-electron chi connectivity index (χ4n) is 1.92. The van der Waals surface area contributed by atoms with Crippen LogP contribution in [0.5, 0.6) is 0 Å². The van der Waals surface area contributed by atoms with E-state index in [2.05, 4.69) is 5.32 Å². The molecule has 2 aromatic carbocycles. The van der Waals surface area contributed by atoms with Gasteiger partial charge in [-0.3, -0.25) is 9.10 Å². The second-order valence-electron chi connectivity index (χ2n) is 4.90. The Kier molecular flexibility index (Phi) is 5.69. The Labute approximate surface area is 149 Å². The molecule has 0 aliphatic heterocycles. The highest BCUT2D eigenvalue weighted by Crippen LogP contribution is 2.25. The Morgan fingerprint density at radius 1 is 1.17 bits per heavy atom. The molecule has 1 N–H and O–H groups in total. The number of benzene rings is 2. The maximum absolute atomic E-state index is 13.3. The average molecular weight is 391 g/mol. The summed E-state index contributed by atoms with van der Waals surface area (Å²) in [5, 5.41) is 2.60. The third kappa shape index (κ3) is 4.59. The SMILES string of the molecule is CS(=O)(=O)N(CC(=O)Nc1ccccc1Cl)c1ccc(F)c(Cl)c1. The molecule has 0 atom stereocenters. The minimum atomic E-state index is -3.79. The highest BCUT2D eigenvalue weighted by molar-refractivity contribution is 7.92. The summed E-state index contributed by atoms with van der Waals surface area (Å²) in [5.74, 6) is -1.29. The molecule has 5 nitrogen and oxygen atoms in total. The summed E-state index contributed by atoms with van der Waals surface area (Å²) in [6.45, 7) is -0.508. The molecule has 0 spiro atoms. The van der Waals surface area contributed by atoms with Crippen LogP contribution in [0.15, 0.2) is 42.5 Å². The van der Waals surface area contributed by atoms with Crippen molar-refractivity contribution in [3.05, 3.63) is 58.3 Å². The van der Waals surface area contributed by atoms with Crippen molar-refractivity contribution in [2.24, 2.45) is 0 Å². The van der Waals surface area contributed by atoms with Crippen molar-refractivity contribution in [2.75, 3.05) is 22.4 Å². The second-order valence-corrected chi connectivity index (χ2v) is 7.62. The molecule has 0 aromatic heterocycles. The lowest BCUT2D eigenvalue weighted by molar-refractivity contribution is -0.114. The molecule has 9 heteroatoms. The Balaban J connectivity index is 2.25. The van der Waals surface area contributed by atoms with Gasteiger partial charge in [0.1, 0.15) is 12.4 Å². The van der Waals surface area contributed by atoms with Crippen LogP contribution in [0, 0.1) is 5.82 Å². The average Bonchev–Trinajstić information content (AvgIpc) is 2.49. The summed E-state index contributed by atoms with van der Waals surface area (Å²) in [4.78, 5) is 12.2. The lowest BCUT2D eigenvalue weighted by Crippen LogP contribution is -2.37. The maximum atomic E-state index is 13.3. The van der Waals surface area contributed by atoms with Crippen molar-refractivity contribution < 1.29 is 17.6 Å². The Morgan fingerprint density at radius 3 is 2.42 bits per heavy atom. The lowest BCUT2D eigenvalue weighted by atomic mass is 10.3. The third-order valence-corrected chi connectivity index (χ3v) is 4.79. The molecule has 0 radical (unpaired) electrons. The van der Waals surface area contributed by atoms with Gasteiger partial charge in [-0.2, -0.15) is 0 Å². The zero-order chi connectivity index (χ0) is 17.9. The molecule has 0 saturated heterocycles. The number of hydrogen-bond acceptors (Lipinski definition) is 3. The smallest absolute Gasteiger partial charge is 0.245 e. The van der Waals surface area contributed by atoms with E-state index in [1.807, 2.05) is 0 Å². The van der Waals surface area contributed by atoms with E-state index in [1.54, 1.807) is 24.3 Å². The van der Waals surface area contributed by atoms with Gasteiger partial charge in [0.25, 0.3) is 0 Å². The van der Waals surface area contributed by atoms with E-state index in [0.29, 0.717) is 10.7 Å². The summed E-state index contributed by atoms with van der Waals surface area (Å²) in [7, 11) is -3.79. The van der Waals surface area contributed by atoms with Gasteiger partial charge in [-0.15, -0.1) is 0 Å². The summed E-state index contributed by atoms with van der Waals surface area (Å²) >= 11 is 11.6. The Bertz CT molecular complexity index is 875. The van der Waals surface area contributed by atoms with Gasteiger partial charge in [0.05, 0.1) is 27.7 Å². The van der Waals surface area contributed by atoms with Crippen molar-refractivity contribution in [3.63, 3.8) is 0 Å². The summed E-state index contributed by atoms with van der Waals surface area (Å²) in [5.41, 5.74) is 0.438. The number of anilines is 2. The highest BCUT2D eigenvalue weighted by atomic mass is 35.5. The molecule has 0 heterocycles. The van der Waals surface area contributed by atoms with Crippen LogP contribution >= 0.6 is 23.2 Å². The van der Waals surface area contributed by atoms with Crippen molar-refractivity contribution in [1.82, 2.24) is 0 Å². The van der Waals surface area contributed by atoms with Crippen LogP contribution in [-0.4, -0.2) is 27.1 Å². The largest absolute Gasteiger partial charge is 0.323 e. The normalized spacial score (nSPS) is 11.2. The summed E-state index contributed by atoms with van der Waals surface area (Å²) < 4.78 is 38.0. The molecule has 0 unspecified atom stereocenters. The van der Waals surface area contributed by atoms with E-state index in [0.717, 1.165) is 22.7 Å². The van der Waals surface area contributed by atoms with Crippen molar-refractivity contribution in [3.8, 4) is 0 Å². The van der Waals surface area contributed by atoms with Gasteiger partial charge in [-0.05, 0) is 30.3 Å². The number of nitrogens with zero attached hydrogens (tertiary/aromatic N) is 1. The fraction of sp³-hybridized carbons (Fsp3) is 0.133. The van der Waals surface area contributed by atoms with E-state index in [4.69, 9.17) is 23.2 Å². The van der Waals surface area contributed by atoms with Crippen molar-refractivity contribution >= 4 is 50.5 Å². The number of hydrogen-bond donors (Lipinski definition) is 1. The number of nitrogens with one attached hydrogen (secondary N) is 1. The number of carbonyl (C=O) groups excluding carboxylic acids is 1. The van der Waals surface area contributed by atoms with E-state index >= 15 is 0 Å². The first kappa shape index (κ1) is 18.5. The molecular formula is C15H13Cl2FN2O3S. The fourth-order valence-corrected chi connectivity index (χ4v) is 3.13. The van der Waals surface area contributed by atoms with Gasteiger partial charge in [-0.1, -0.05) is 35.3 Å². The van der Waals surface area contributed by atoms with Gasteiger partial charge in [0.2, 0.25) is 15.9 Å². The molecule has 2 aromatic rings. The Morgan fingerprint density at radius 2 is 1.83 bits per heavy atom. The van der Waals surface area contributed by atoms with Crippen LogP contribution < -0.4 is 9.62 Å². The first-order valence-corrected chi connectivity index (χ1v) is 9.26. The number of para-hydroxylation sites is 1. The topological polar surface area (TPSA) is 66.5 Å². The number of carbonyl (C=O) groups is 1. The van der Waals surface area contributed by atoms with E-state index in [-0.39, 0.29) is 10.7 Å². The van der Waals surface area contributed by atoms with Crippen LogP contribution in [0.4, 0.5) is 15.8 Å². The molecule has 24 heavy (non-hydrogen) atoms. The van der Waals surface area contributed by atoms with Crippen molar-refractivity contribution in [2.45, 2.75) is 0 Å². The monoisotopic (exact) mass is 390 g/mol. The number of sulfonamides is 1. The highest BCUT2D eigenvalue weighted by Gasteiger charge is 2.22. The maximum Gasteiger partial charge on any atom is 0.245 e. The van der Waals surface area contributed by atoms with Crippen LogP contribution in [0.2, 0.25) is 10.0 Å². The van der Waals surface area contributed by atoms with Crippen molar-refractivity contribution in [1.29, 1.82) is 0 Å². The van der Waals surface area contributed by atoms with E-state index in [1.165, 1.54) is 6.07 Å². The van der Waals surface area contributed by atoms with Crippen LogP contribution in [0.3, 0.4) is 0 Å². The van der Waals surface area contributed by atoms with Crippen LogP contribution in [0.25, 0.3) is 0 Å². The molecule has 0 fully saturated rings. The van der Waals surface area contributed by atoms with E-state index < -0.39 is 28.3 Å². The number of amides is 1. The van der Waals surface area contributed by atoms with Crippen LogP contribution in [-0.2, 0) is 14.8 Å². The first-order chi connectivity index (χ1) is 11.2. The third-order valence-electron chi connectivity index (χ3n) is 3.03. The quantitative estimate of drug-likeness (QED) is 0.848. The standard InChI is InChI=1S/C15H13Cl2FN2O3S/c1-24(22,23)20(10-6-7-13(18)12(17)8-10)9-15(21)19-14-5-3-2-4-11(14)16/h2-8H,9H2,1H3,(H,19,21). The molecule has 0 saturated carbocycles. The second kappa shape index (κ2) is 7.38. The van der Waals surface area contributed by atoms with Gasteiger partial charge >= 0.3 is 0 Å². The summed E-state index contributed by atoms with van der Waals surface area (Å²) in [6, 6.07) is 9.94. The minimum Gasteiger partial charge on any atom is -0.323 e. The molecular weight excluding hydrogens is 378 g/mol. The molecule has 1 amide bonds. The first-order valence-electron chi connectivity index (χ1n) is 6.65. The van der Waals surface area contributed by atoms with Gasteiger partial charge < -0.3 is 5.32 Å².